The Kier molecular flexibility index (Phi) is 8.01. The van der Waals surface area contributed by atoms with Gasteiger partial charge in [0, 0.05) is 17.2 Å². The molecule has 0 saturated heterocycles. The van der Waals surface area contributed by atoms with Crippen LogP contribution in [0.5, 0.6) is 17.2 Å². The van der Waals surface area contributed by atoms with Crippen molar-refractivity contribution in [3.8, 4) is 17.2 Å². The first-order chi connectivity index (χ1) is 16.3. The molecule has 0 atom stereocenters. The number of hydrogen-bond donors (Lipinski definition) is 1. The molecule has 0 unspecified atom stereocenters. The third kappa shape index (κ3) is 5.26. The van der Waals surface area contributed by atoms with Gasteiger partial charge in [-0.1, -0.05) is 29.5 Å². The van der Waals surface area contributed by atoms with E-state index in [0.717, 1.165) is 17.3 Å². The molecule has 1 heterocycles. The van der Waals surface area contributed by atoms with Crippen LogP contribution in [0.1, 0.15) is 28.4 Å². The smallest absolute Gasteiger partial charge is 0.344 e. The minimum absolute atomic E-state index is 0.0484. The molecule has 0 radical (unpaired) electrons. The molecule has 178 valence electrons. The number of carbonyl (C=O) groups excluding carboxylic acids is 2. The van der Waals surface area contributed by atoms with Crippen LogP contribution in [-0.2, 0) is 9.53 Å². The molecule has 0 bridgehead atoms. The average molecular weight is 484 g/mol. The summed E-state index contributed by atoms with van der Waals surface area (Å²) in [6, 6.07) is 10.2. The highest BCUT2D eigenvalue weighted by Gasteiger charge is 2.34. The number of carbonyl (C=O) groups is 2. The van der Waals surface area contributed by atoms with Crippen LogP contribution in [0.25, 0.3) is 6.08 Å². The first-order valence-electron chi connectivity index (χ1n) is 10.3. The van der Waals surface area contributed by atoms with E-state index >= 15 is 0 Å². The minimum Gasteiger partial charge on any atom is -0.506 e. The summed E-state index contributed by atoms with van der Waals surface area (Å²) < 4.78 is 21.2. The molecule has 9 heteroatoms. The van der Waals surface area contributed by atoms with E-state index in [1.54, 1.807) is 49.4 Å². The highest BCUT2D eigenvalue weighted by atomic mass is 32.2. The van der Waals surface area contributed by atoms with Crippen molar-refractivity contribution in [2.45, 2.75) is 13.8 Å². The summed E-state index contributed by atoms with van der Waals surface area (Å²) in [5, 5.41) is 10.9. The van der Waals surface area contributed by atoms with E-state index in [2.05, 4.69) is 4.99 Å². The minimum atomic E-state index is -0.773. The number of thioether (sulfide) groups is 1. The maximum absolute atomic E-state index is 12.7. The molecule has 3 rings (SSSR count). The van der Waals surface area contributed by atoms with E-state index in [1.807, 2.05) is 6.92 Å². The second-order valence-electron chi connectivity index (χ2n) is 7.09. The number of aliphatic hydroxyl groups excluding tert-OH is 1. The molecule has 0 fully saturated rings. The predicted molar refractivity (Wildman–Crippen MR) is 131 cm³/mol. The lowest BCUT2D eigenvalue weighted by molar-refractivity contribution is -0.138. The zero-order valence-electron chi connectivity index (χ0n) is 19.5. The number of esters is 1. The molecule has 8 nitrogen and oxygen atoms in total. The van der Waals surface area contributed by atoms with Gasteiger partial charge in [-0.15, -0.1) is 0 Å². The Balaban J connectivity index is 2.08. The van der Waals surface area contributed by atoms with Gasteiger partial charge in [0.1, 0.15) is 22.1 Å². The predicted octanol–water partition coefficient (Wildman–Crippen LogP) is 4.72. The Labute approximate surface area is 201 Å². The quantitative estimate of drug-likeness (QED) is 0.564. The first kappa shape index (κ1) is 24.9. The number of benzene rings is 2. The van der Waals surface area contributed by atoms with Crippen LogP contribution >= 0.6 is 11.8 Å². The third-order valence-corrected chi connectivity index (χ3v) is 5.91. The second-order valence-corrected chi connectivity index (χ2v) is 8.12. The standard InChI is InChI=1S/C25H25NO7S/c1-6-33-25(29)21-22(27)20(12-16-11-18(31-4)19(32-5)13-17(16)30-3)34-24(21)26-23(28)15-9-7-14(2)8-10-15/h7-13,27H,6H2,1-5H3/b20-12-,26-24?. The van der Waals surface area contributed by atoms with Gasteiger partial charge in [-0.3, -0.25) is 4.79 Å². The molecular formula is C25H25NO7S. The fraction of sp³-hybridized carbons (Fsp3) is 0.240. The number of rotatable bonds is 7. The van der Waals surface area contributed by atoms with Gasteiger partial charge in [0.2, 0.25) is 0 Å². The van der Waals surface area contributed by atoms with E-state index in [1.165, 1.54) is 21.3 Å². The topological polar surface area (TPSA) is 104 Å². The first-order valence-corrected chi connectivity index (χ1v) is 11.1. The van der Waals surface area contributed by atoms with Crippen molar-refractivity contribution in [2.75, 3.05) is 27.9 Å². The highest BCUT2D eigenvalue weighted by molar-refractivity contribution is 8.18. The average Bonchev–Trinajstić information content (AvgIpc) is 3.13. The molecule has 34 heavy (non-hydrogen) atoms. The highest BCUT2D eigenvalue weighted by Crippen LogP contribution is 2.42. The molecule has 2 aromatic carbocycles. The van der Waals surface area contributed by atoms with Crippen molar-refractivity contribution in [3.05, 3.63) is 69.3 Å². The lowest BCUT2D eigenvalue weighted by atomic mass is 10.1. The zero-order chi connectivity index (χ0) is 24.8. The lowest BCUT2D eigenvalue weighted by Gasteiger charge is -2.12. The number of aliphatic hydroxyl groups is 1. The second kappa shape index (κ2) is 10.9. The summed E-state index contributed by atoms with van der Waals surface area (Å²) in [6.07, 6.45) is 1.61. The maximum atomic E-state index is 12.7. The number of nitrogens with zero attached hydrogens (tertiary/aromatic N) is 1. The van der Waals surface area contributed by atoms with E-state index in [4.69, 9.17) is 18.9 Å². The molecule has 0 aromatic heterocycles. The number of aliphatic imine (C=N–C) groups is 1. The van der Waals surface area contributed by atoms with Crippen LogP contribution in [0.3, 0.4) is 0 Å². The van der Waals surface area contributed by atoms with Crippen molar-refractivity contribution in [2.24, 2.45) is 4.99 Å². The van der Waals surface area contributed by atoms with Crippen molar-refractivity contribution < 1.29 is 33.6 Å². The molecule has 1 amide bonds. The van der Waals surface area contributed by atoms with Gasteiger partial charge >= 0.3 is 5.97 Å². The van der Waals surface area contributed by atoms with Crippen molar-refractivity contribution in [1.82, 2.24) is 0 Å². The maximum Gasteiger partial charge on any atom is 0.344 e. The van der Waals surface area contributed by atoms with E-state index in [0.29, 0.717) is 33.3 Å². The van der Waals surface area contributed by atoms with Crippen LogP contribution in [-0.4, -0.2) is 50.0 Å². The summed E-state index contributed by atoms with van der Waals surface area (Å²) in [7, 11) is 4.51. The summed E-state index contributed by atoms with van der Waals surface area (Å²) in [4.78, 5) is 29.7. The lowest BCUT2D eigenvalue weighted by Crippen LogP contribution is -2.14. The SMILES string of the molecule is CCOC(=O)C1=C(O)/C(=C/c2cc(OC)c(OC)cc2OC)SC1=NC(=O)c1ccc(C)cc1. The van der Waals surface area contributed by atoms with Crippen LogP contribution < -0.4 is 14.2 Å². The number of amides is 1. The normalized spacial score (nSPS) is 15.6. The van der Waals surface area contributed by atoms with Crippen LogP contribution in [0.4, 0.5) is 0 Å². The fourth-order valence-electron chi connectivity index (χ4n) is 3.15. The molecule has 0 aliphatic carbocycles. The fourth-order valence-corrected chi connectivity index (χ4v) is 4.16. The molecule has 1 N–H and O–H groups in total. The summed E-state index contributed by atoms with van der Waals surface area (Å²) in [5.41, 5.74) is 1.75. The van der Waals surface area contributed by atoms with Crippen LogP contribution in [0.15, 0.2) is 57.6 Å². The summed E-state index contributed by atoms with van der Waals surface area (Å²) in [6.45, 7) is 3.66. The van der Waals surface area contributed by atoms with Crippen molar-refractivity contribution in [1.29, 1.82) is 0 Å². The van der Waals surface area contributed by atoms with Crippen LogP contribution in [0, 0.1) is 6.92 Å². The Morgan fingerprint density at radius 2 is 1.62 bits per heavy atom. The number of ether oxygens (including phenoxy) is 4. The molecule has 0 saturated carbocycles. The Morgan fingerprint density at radius 1 is 1.00 bits per heavy atom. The molecule has 1 aliphatic rings. The molecular weight excluding hydrogens is 458 g/mol. The van der Waals surface area contributed by atoms with Crippen LogP contribution in [0.2, 0.25) is 0 Å². The molecule has 1 aliphatic heterocycles. The van der Waals surface area contributed by atoms with E-state index in [-0.39, 0.29) is 23.0 Å². The monoisotopic (exact) mass is 483 g/mol. The number of methoxy groups -OCH3 is 3. The number of hydrogen-bond acceptors (Lipinski definition) is 8. The van der Waals surface area contributed by atoms with E-state index < -0.39 is 11.9 Å². The summed E-state index contributed by atoms with van der Waals surface area (Å²) in [5.74, 6) is -0.269. The zero-order valence-corrected chi connectivity index (χ0v) is 20.3. The van der Waals surface area contributed by atoms with Gasteiger partial charge in [0.05, 0.1) is 32.8 Å². The van der Waals surface area contributed by atoms with Crippen molar-refractivity contribution >= 4 is 34.8 Å². The Bertz CT molecular complexity index is 1200. The van der Waals surface area contributed by atoms with Gasteiger partial charge in [-0.2, -0.15) is 0 Å². The van der Waals surface area contributed by atoms with Gasteiger partial charge < -0.3 is 24.1 Å². The van der Waals surface area contributed by atoms with Gasteiger partial charge in [0.15, 0.2) is 11.5 Å². The summed E-state index contributed by atoms with van der Waals surface area (Å²) >= 11 is 0.982. The van der Waals surface area contributed by atoms with Crippen molar-refractivity contribution in [3.63, 3.8) is 0 Å². The van der Waals surface area contributed by atoms with Gasteiger partial charge in [-0.05, 0) is 38.1 Å². The molecule has 0 spiro atoms. The Hall–Kier alpha value is -3.72. The third-order valence-electron chi connectivity index (χ3n) is 4.89. The van der Waals surface area contributed by atoms with Gasteiger partial charge in [-0.25, -0.2) is 9.79 Å². The molecule has 2 aromatic rings. The largest absolute Gasteiger partial charge is 0.506 e. The van der Waals surface area contributed by atoms with Gasteiger partial charge in [0.25, 0.3) is 5.91 Å². The number of aryl methyl sites for hydroxylation is 1. The Morgan fingerprint density at radius 3 is 2.21 bits per heavy atom. The van der Waals surface area contributed by atoms with E-state index in [9.17, 15) is 14.7 Å².